The van der Waals surface area contributed by atoms with Crippen LogP contribution in [0.15, 0.2) is 12.2 Å². The van der Waals surface area contributed by atoms with Crippen LogP contribution >= 0.6 is 0 Å². The largest absolute Gasteiger partial charge is 0.394 e. The fourth-order valence-electron chi connectivity index (χ4n) is 4.24. The van der Waals surface area contributed by atoms with Gasteiger partial charge in [-0.05, 0) is 26.9 Å². The van der Waals surface area contributed by atoms with E-state index < -0.39 is 43.4 Å². The summed E-state index contributed by atoms with van der Waals surface area (Å²) in [4.78, 5) is 1.82. The average molecular weight is 490 g/mol. The Kier molecular flexibility index (Phi) is 17.3. The maximum atomic E-state index is 10.6. The molecule has 0 spiro atoms. The molecule has 0 saturated carbocycles. The van der Waals surface area contributed by atoms with Gasteiger partial charge >= 0.3 is 0 Å². The molecule has 0 unspecified atom stereocenters. The fourth-order valence-corrected chi connectivity index (χ4v) is 4.24. The van der Waals surface area contributed by atoms with Crippen LogP contribution in [0, 0.1) is 0 Å². The molecule has 1 aliphatic heterocycles. The van der Waals surface area contributed by atoms with E-state index in [9.17, 15) is 25.5 Å². The summed E-state index contributed by atoms with van der Waals surface area (Å²) in [5.41, 5.74) is 0. The molecule has 202 valence electrons. The molecule has 0 aromatic carbocycles. The molecule has 0 radical (unpaired) electrons. The van der Waals surface area contributed by atoms with Crippen molar-refractivity contribution in [2.75, 3.05) is 27.3 Å². The normalized spacial score (nSPS) is 27.5. The first-order valence-electron chi connectivity index (χ1n) is 13.3. The van der Waals surface area contributed by atoms with Crippen LogP contribution in [0.2, 0.25) is 0 Å². The zero-order valence-electron chi connectivity index (χ0n) is 21.6. The van der Waals surface area contributed by atoms with Gasteiger partial charge in [0.25, 0.3) is 0 Å². The fraction of sp³-hybridized carbons (Fsp3) is 0.923. The van der Waals surface area contributed by atoms with E-state index in [1.165, 1.54) is 64.2 Å². The van der Waals surface area contributed by atoms with Crippen molar-refractivity contribution in [3.05, 3.63) is 12.2 Å². The van der Waals surface area contributed by atoms with Crippen LogP contribution in [0.3, 0.4) is 0 Å². The van der Waals surface area contributed by atoms with E-state index in [4.69, 9.17) is 9.47 Å². The Bertz CT molecular complexity index is 517. The van der Waals surface area contributed by atoms with Crippen LogP contribution in [0.1, 0.15) is 84.0 Å². The average Bonchev–Trinajstić information content (AvgIpc) is 2.81. The Morgan fingerprint density at radius 1 is 0.853 bits per heavy atom. The van der Waals surface area contributed by atoms with Gasteiger partial charge in [-0.15, -0.1) is 0 Å². The molecule has 5 N–H and O–H groups in total. The molecule has 0 aromatic heterocycles. The lowest BCUT2D eigenvalue weighted by Crippen LogP contribution is -2.59. The summed E-state index contributed by atoms with van der Waals surface area (Å²) in [7, 11) is 3.64. The molecule has 0 aliphatic carbocycles. The van der Waals surface area contributed by atoms with Gasteiger partial charge in [0.15, 0.2) is 6.29 Å². The van der Waals surface area contributed by atoms with Gasteiger partial charge in [-0.25, -0.2) is 0 Å². The second-order valence-corrected chi connectivity index (χ2v) is 9.80. The summed E-state index contributed by atoms with van der Waals surface area (Å²) in [5.74, 6) is 0. The highest BCUT2D eigenvalue weighted by atomic mass is 16.7. The van der Waals surface area contributed by atoms with Crippen LogP contribution in [0.25, 0.3) is 0 Å². The quantitative estimate of drug-likeness (QED) is 0.138. The zero-order valence-corrected chi connectivity index (χ0v) is 21.6. The molecule has 1 aliphatic rings. The van der Waals surface area contributed by atoms with E-state index in [2.05, 4.69) is 6.92 Å². The first-order chi connectivity index (χ1) is 16.3. The summed E-state index contributed by atoms with van der Waals surface area (Å²) >= 11 is 0. The highest BCUT2D eigenvalue weighted by molar-refractivity contribution is 4.95. The Balaban J connectivity index is 2.26. The molecule has 1 heterocycles. The van der Waals surface area contributed by atoms with Gasteiger partial charge in [0.2, 0.25) is 0 Å². The molecule has 0 bridgehead atoms. The van der Waals surface area contributed by atoms with Crippen molar-refractivity contribution < 1.29 is 35.0 Å². The highest BCUT2D eigenvalue weighted by Gasteiger charge is 2.44. The van der Waals surface area contributed by atoms with E-state index in [1.807, 2.05) is 25.1 Å². The van der Waals surface area contributed by atoms with E-state index in [0.29, 0.717) is 0 Å². The van der Waals surface area contributed by atoms with Crippen LogP contribution in [-0.4, -0.2) is 101 Å². The van der Waals surface area contributed by atoms with Crippen LogP contribution in [-0.2, 0) is 9.47 Å². The molecule has 8 nitrogen and oxygen atoms in total. The van der Waals surface area contributed by atoms with E-state index in [1.54, 1.807) is 6.08 Å². The number of unbranched alkanes of at least 4 members (excludes halogenated alkanes) is 11. The molecule has 1 rings (SSSR count). The van der Waals surface area contributed by atoms with Crippen molar-refractivity contribution in [3.63, 3.8) is 0 Å². The minimum Gasteiger partial charge on any atom is -0.394 e. The SMILES string of the molecule is CCCCCCCCCCCCC/C=C/[C@@H](O)[C@H](CO[C@@H]1O[C@H](CO)[C@H](O)[C@H](O)[C@H]1O)N(C)C. The third kappa shape index (κ3) is 11.9. The topological polar surface area (TPSA) is 123 Å². The van der Waals surface area contributed by atoms with Crippen LogP contribution in [0.5, 0.6) is 0 Å². The summed E-state index contributed by atoms with van der Waals surface area (Å²) in [5, 5.41) is 49.8. The second-order valence-electron chi connectivity index (χ2n) is 9.80. The molecular formula is C26H51NO7. The lowest BCUT2D eigenvalue weighted by molar-refractivity contribution is -0.303. The maximum absolute atomic E-state index is 10.6. The van der Waals surface area contributed by atoms with Crippen molar-refractivity contribution in [2.45, 2.75) is 127 Å². The maximum Gasteiger partial charge on any atom is 0.186 e. The number of nitrogens with zero attached hydrogens (tertiary/aromatic N) is 1. The van der Waals surface area contributed by atoms with Crippen molar-refractivity contribution >= 4 is 0 Å². The number of hydrogen-bond donors (Lipinski definition) is 5. The smallest absolute Gasteiger partial charge is 0.186 e. The zero-order chi connectivity index (χ0) is 25.3. The predicted molar refractivity (Wildman–Crippen MR) is 133 cm³/mol. The predicted octanol–water partition coefficient (Wildman–Crippen LogP) is 2.35. The molecule has 1 saturated heterocycles. The number of hydrogen-bond acceptors (Lipinski definition) is 8. The van der Waals surface area contributed by atoms with Gasteiger partial charge in [-0.3, -0.25) is 0 Å². The molecule has 7 atom stereocenters. The number of aliphatic hydroxyl groups is 5. The second kappa shape index (κ2) is 18.7. The first-order valence-corrected chi connectivity index (χ1v) is 13.3. The lowest BCUT2D eigenvalue weighted by atomic mass is 9.99. The number of aliphatic hydroxyl groups excluding tert-OH is 5. The summed E-state index contributed by atoms with van der Waals surface area (Å²) < 4.78 is 11.0. The van der Waals surface area contributed by atoms with Crippen molar-refractivity contribution in [2.24, 2.45) is 0 Å². The molecule has 1 fully saturated rings. The van der Waals surface area contributed by atoms with Crippen molar-refractivity contribution in [3.8, 4) is 0 Å². The summed E-state index contributed by atoms with van der Waals surface area (Å²) in [6.07, 6.45) is 11.7. The Morgan fingerprint density at radius 2 is 1.41 bits per heavy atom. The van der Waals surface area contributed by atoms with E-state index in [0.717, 1.165) is 12.8 Å². The van der Waals surface area contributed by atoms with Gasteiger partial charge in [-0.1, -0.05) is 83.3 Å². The minimum atomic E-state index is -1.48. The monoisotopic (exact) mass is 489 g/mol. The Hall–Kier alpha value is -0.580. The molecule has 34 heavy (non-hydrogen) atoms. The minimum absolute atomic E-state index is 0.0413. The van der Waals surface area contributed by atoms with Gasteiger partial charge in [-0.2, -0.15) is 0 Å². The van der Waals surface area contributed by atoms with E-state index in [-0.39, 0.29) is 12.6 Å². The van der Waals surface area contributed by atoms with Gasteiger partial charge in [0.05, 0.1) is 25.4 Å². The Labute approximate surface area is 206 Å². The van der Waals surface area contributed by atoms with E-state index >= 15 is 0 Å². The summed E-state index contributed by atoms with van der Waals surface area (Å²) in [6.45, 7) is 1.78. The molecule has 0 aromatic rings. The standard InChI is InChI=1S/C26H51NO7/c1-4-5-6-7-8-9-10-11-12-13-14-15-16-17-21(29)20(27(2)3)19-33-26-25(32)24(31)23(30)22(18-28)34-26/h16-17,20-26,28-32H,4-15,18-19H2,1-3H3/b17-16+/t20-,21+,22+,23-,24-,25+,26+/m0/s1. The third-order valence-electron chi connectivity index (χ3n) is 6.64. The first kappa shape index (κ1) is 31.4. The lowest BCUT2D eigenvalue weighted by Gasteiger charge is -2.40. The highest BCUT2D eigenvalue weighted by Crippen LogP contribution is 2.22. The molecule has 0 amide bonds. The molecule has 8 heteroatoms. The van der Waals surface area contributed by atoms with Gasteiger partial charge in [0, 0.05) is 0 Å². The van der Waals surface area contributed by atoms with Crippen molar-refractivity contribution in [1.82, 2.24) is 4.90 Å². The van der Waals surface area contributed by atoms with Gasteiger partial charge < -0.3 is 39.9 Å². The van der Waals surface area contributed by atoms with Crippen LogP contribution in [0.4, 0.5) is 0 Å². The van der Waals surface area contributed by atoms with Crippen LogP contribution < -0.4 is 0 Å². The Morgan fingerprint density at radius 3 is 1.94 bits per heavy atom. The number of rotatable bonds is 19. The van der Waals surface area contributed by atoms with Gasteiger partial charge in [0.1, 0.15) is 24.4 Å². The number of likely N-dealkylation sites (N-methyl/N-ethyl adjacent to an activating group) is 1. The summed E-state index contributed by atoms with van der Waals surface area (Å²) in [6, 6.07) is -0.388. The number of ether oxygens (including phenoxy) is 2. The third-order valence-corrected chi connectivity index (χ3v) is 6.64. The number of allylic oxidation sites excluding steroid dienone is 1. The van der Waals surface area contributed by atoms with Crippen molar-refractivity contribution in [1.29, 1.82) is 0 Å². The molecular weight excluding hydrogens is 438 g/mol.